The van der Waals surface area contributed by atoms with Gasteiger partial charge in [0.2, 0.25) is 0 Å². The molecule has 3 aliphatic rings. The quantitative estimate of drug-likeness (QED) is 0.560. The van der Waals surface area contributed by atoms with E-state index in [0.29, 0.717) is 33.7 Å². The molecular formula is C24H26Cl2FN3O2. The number of nitrogens with zero attached hydrogens (tertiary/aromatic N) is 2. The van der Waals surface area contributed by atoms with Gasteiger partial charge in [0.05, 0.1) is 22.3 Å². The van der Waals surface area contributed by atoms with E-state index in [1.807, 2.05) is 12.1 Å². The molecule has 0 aromatic heterocycles. The number of halogens is 3. The number of piperazine rings is 1. The molecule has 1 saturated heterocycles. The Morgan fingerprint density at radius 2 is 2.00 bits per heavy atom. The van der Waals surface area contributed by atoms with Crippen LogP contribution in [0.3, 0.4) is 0 Å². The maximum absolute atomic E-state index is 14.4. The third-order valence-corrected chi connectivity index (χ3v) is 7.29. The van der Waals surface area contributed by atoms with Gasteiger partial charge in [0, 0.05) is 51.6 Å². The standard InChI is InChI=1S/C24H26Cl2FN3O2/c25-19-4-3-5-21(22(19)26)30-11-9-29(10-12-30)8-1-2-13-32-16-6-7-17-18-15-24(18,27)23(31)28-20(17)14-16/h3-7,14,18H,1-2,8-13,15H2,(H,28,31)/i18D. The molecule has 5 nitrogen and oxygen atoms in total. The largest absolute Gasteiger partial charge is 0.494 e. The second-order valence-corrected chi connectivity index (χ2v) is 9.36. The number of unbranched alkanes of at least 4 members (excludes halogenated alkanes) is 1. The van der Waals surface area contributed by atoms with Crippen LogP contribution in [0, 0.1) is 0 Å². The lowest BCUT2D eigenvalue weighted by Crippen LogP contribution is -2.46. The number of benzene rings is 2. The van der Waals surface area contributed by atoms with Gasteiger partial charge >= 0.3 is 0 Å². The number of amides is 1. The van der Waals surface area contributed by atoms with Crippen molar-refractivity contribution in [2.75, 3.05) is 49.5 Å². The summed E-state index contributed by atoms with van der Waals surface area (Å²) in [6, 6.07) is 10.9. The maximum atomic E-state index is 14.4. The lowest BCUT2D eigenvalue weighted by atomic mass is 10.0. The first-order chi connectivity index (χ1) is 15.8. The van der Waals surface area contributed by atoms with Crippen molar-refractivity contribution < 1.29 is 15.3 Å². The highest BCUT2D eigenvalue weighted by molar-refractivity contribution is 6.43. The van der Waals surface area contributed by atoms with Crippen molar-refractivity contribution in [1.29, 1.82) is 0 Å². The van der Waals surface area contributed by atoms with E-state index in [1.54, 1.807) is 24.3 Å². The summed E-state index contributed by atoms with van der Waals surface area (Å²) < 4.78 is 28.5. The van der Waals surface area contributed by atoms with Crippen molar-refractivity contribution in [2.45, 2.75) is 30.8 Å². The van der Waals surface area contributed by atoms with Gasteiger partial charge in [-0.15, -0.1) is 0 Å². The third kappa shape index (κ3) is 4.16. The summed E-state index contributed by atoms with van der Waals surface area (Å²) >= 11 is 12.5. The molecule has 2 heterocycles. The average molecular weight is 479 g/mol. The topological polar surface area (TPSA) is 44.8 Å². The summed E-state index contributed by atoms with van der Waals surface area (Å²) in [6.45, 7) is 5.33. The molecule has 170 valence electrons. The summed E-state index contributed by atoms with van der Waals surface area (Å²) in [5, 5.41) is 3.78. The number of hydrogen-bond donors (Lipinski definition) is 1. The van der Waals surface area contributed by atoms with E-state index in [4.69, 9.17) is 29.3 Å². The SMILES string of the molecule is [2H]C12CC1(F)C(=O)Nc1cc(OCCCCN3CCN(c4cccc(Cl)c4Cl)CC3)ccc12. The Bertz CT molecular complexity index is 1080. The van der Waals surface area contributed by atoms with Gasteiger partial charge in [-0.2, -0.15) is 0 Å². The number of carbonyl (C=O) groups is 1. The molecule has 1 amide bonds. The first-order valence-electron chi connectivity index (χ1n) is 11.5. The number of alkyl halides is 1. The Hall–Kier alpha value is -2.02. The second kappa shape index (κ2) is 8.73. The number of anilines is 2. The van der Waals surface area contributed by atoms with Crippen molar-refractivity contribution in [3.05, 3.63) is 52.0 Å². The number of hydrogen-bond acceptors (Lipinski definition) is 4. The normalized spacial score (nSPS) is 27.3. The van der Waals surface area contributed by atoms with Crippen LogP contribution in [0.5, 0.6) is 5.75 Å². The van der Waals surface area contributed by atoms with Crippen LogP contribution in [0.2, 0.25) is 10.0 Å². The van der Waals surface area contributed by atoms with Crippen molar-refractivity contribution in [1.82, 2.24) is 4.90 Å². The lowest BCUT2D eigenvalue weighted by Gasteiger charge is -2.36. The van der Waals surface area contributed by atoms with Gasteiger partial charge in [-0.25, -0.2) is 4.39 Å². The molecule has 2 unspecified atom stereocenters. The smallest absolute Gasteiger partial charge is 0.262 e. The molecule has 2 aliphatic heterocycles. The fourth-order valence-corrected chi connectivity index (χ4v) is 4.92. The van der Waals surface area contributed by atoms with Crippen LogP contribution < -0.4 is 15.0 Å². The minimum Gasteiger partial charge on any atom is -0.494 e. The Morgan fingerprint density at radius 1 is 1.19 bits per heavy atom. The molecule has 8 heteroatoms. The van der Waals surface area contributed by atoms with Gasteiger partial charge in [-0.05, 0) is 43.1 Å². The predicted molar refractivity (Wildman–Crippen MR) is 126 cm³/mol. The lowest BCUT2D eigenvalue weighted by molar-refractivity contribution is -0.122. The monoisotopic (exact) mass is 478 g/mol. The molecule has 2 aromatic carbocycles. The highest BCUT2D eigenvalue weighted by Crippen LogP contribution is 2.59. The zero-order valence-electron chi connectivity index (χ0n) is 18.7. The number of fused-ring (bicyclic) bond motifs is 3. The minimum absolute atomic E-state index is 0.0839. The molecule has 0 spiro atoms. The predicted octanol–water partition coefficient (Wildman–Crippen LogP) is 5.12. The van der Waals surface area contributed by atoms with E-state index in [2.05, 4.69) is 15.1 Å². The molecule has 2 atom stereocenters. The Balaban J connectivity index is 1.05. The van der Waals surface area contributed by atoms with E-state index in [0.717, 1.165) is 51.3 Å². The molecule has 32 heavy (non-hydrogen) atoms. The Kier molecular flexibility index (Phi) is 5.61. The van der Waals surface area contributed by atoms with Crippen LogP contribution in [0.1, 0.15) is 32.1 Å². The van der Waals surface area contributed by atoms with Gasteiger partial charge in [-0.3, -0.25) is 9.69 Å². The van der Waals surface area contributed by atoms with E-state index >= 15 is 0 Å². The first kappa shape index (κ1) is 20.6. The van der Waals surface area contributed by atoms with E-state index in [9.17, 15) is 9.18 Å². The summed E-state index contributed by atoms with van der Waals surface area (Å²) in [5.74, 6) is -1.55. The number of ether oxygens (including phenoxy) is 1. The van der Waals surface area contributed by atoms with E-state index in [1.165, 1.54) is 0 Å². The van der Waals surface area contributed by atoms with Crippen molar-refractivity contribution in [3.8, 4) is 5.75 Å². The average Bonchev–Trinajstić information content (AvgIpc) is 3.40. The second-order valence-electron chi connectivity index (χ2n) is 8.58. The summed E-state index contributed by atoms with van der Waals surface area (Å²) in [5.41, 5.74) is -0.0892. The van der Waals surface area contributed by atoms with E-state index < -0.39 is 17.5 Å². The number of carbonyl (C=O) groups excluding carboxylic acids is 1. The molecule has 0 radical (unpaired) electrons. The van der Waals surface area contributed by atoms with Gasteiger partial charge in [0.1, 0.15) is 5.75 Å². The summed E-state index contributed by atoms with van der Waals surface area (Å²) in [4.78, 5) is 16.7. The maximum Gasteiger partial charge on any atom is 0.262 e. The van der Waals surface area contributed by atoms with Crippen LogP contribution in [0.15, 0.2) is 36.4 Å². The van der Waals surface area contributed by atoms with Crippen molar-refractivity contribution in [3.63, 3.8) is 0 Å². The third-order valence-electron chi connectivity index (χ3n) is 6.48. The Labute approximate surface area is 198 Å². The summed E-state index contributed by atoms with van der Waals surface area (Å²) in [7, 11) is 0. The van der Waals surface area contributed by atoms with Crippen LogP contribution >= 0.6 is 23.2 Å². The minimum atomic E-state index is -2.09. The van der Waals surface area contributed by atoms with Crippen LogP contribution in [-0.2, 0) is 4.79 Å². The first-order valence-corrected chi connectivity index (χ1v) is 11.8. The highest BCUT2D eigenvalue weighted by atomic mass is 35.5. The molecule has 5 rings (SSSR count). The fourth-order valence-electron chi connectivity index (χ4n) is 4.50. The van der Waals surface area contributed by atoms with Crippen LogP contribution in [0.4, 0.5) is 15.8 Å². The summed E-state index contributed by atoms with van der Waals surface area (Å²) in [6.07, 6.45) is 1.83. The van der Waals surface area contributed by atoms with Gasteiger partial charge in [0.15, 0.2) is 5.67 Å². The molecule has 1 N–H and O–H groups in total. The molecule has 1 aliphatic carbocycles. The van der Waals surface area contributed by atoms with Crippen LogP contribution in [-0.4, -0.2) is 55.8 Å². The highest BCUT2D eigenvalue weighted by Gasteiger charge is 2.65. The molecule has 0 bridgehead atoms. The molecular weight excluding hydrogens is 452 g/mol. The fraction of sp³-hybridized carbons (Fsp3) is 0.458. The number of rotatable bonds is 7. The molecule has 2 aromatic rings. The molecule has 2 fully saturated rings. The number of nitrogens with one attached hydrogen (secondary N) is 1. The van der Waals surface area contributed by atoms with Crippen molar-refractivity contribution >= 4 is 40.5 Å². The van der Waals surface area contributed by atoms with Crippen molar-refractivity contribution in [2.24, 2.45) is 0 Å². The zero-order chi connectivity index (χ0) is 23.2. The van der Waals surface area contributed by atoms with Gasteiger partial charge < -0.3 is 15.0 Å². The van der Waals surface area contributed by atoms with E-state index in [-0.39, 0.29) is 6.42 Å². The van der Waals surface area contributed by atoms with Gasteiger partial charge in [0.25, 0.3) is 5.91 Å². The van der Waals surface area contributed by atoms with Gasteiger partial charge in [-0.1, -0.05) is 35.3 Å². The Morgan fingerprint density at radius 3 is 2.81 bits per heavy atom. The molecule has 1 saturated carbocycles. The zero-order valence-corrected chi connectivity index (χ0v) is 19.2. The van der Waals surface area contributed by atoms with Crippen LogP contribution in [0.25, 0.3) is 0 Å².